The van der Waals surface area contributed by atoms with E-state index in [-0.39, 0.29) is 5.54 Å². The van der Waals surface area contributed by atoms with E-state index in [9.17, 15) is 0 Å². The first-order valence-corrected chi connectivity index (χ1v) is 4.52. The highest BCUT2D eigenvalue weighted by Crippen LogP contribution is 2.42. The standard InChI is InChI=1S/C9H18N2/c1-8(2)5-9(10)3-7(4-9)11-6-8/h7,11H,3-6,10H2,1-2H3. The fourth-order valence-corrected chi connectivity index (χ4v) is 2.65. The van der Waals surface area contributed by atoms with Crippen molar-refractivity contribution in [1.29, 1.82) is 0 Å². The molecule has 0 aromatic heterocycles. The van der Waals surface area contributed by atoms with Gasteiger partial charge in [0, 0.05) is 18.1 Å². The molecule has 3 N–H and O–H groups in total. The Labute approximate surface area is 68.5 Å². The van der Waals surface area contributed by atoms with Gasteiger partial charge in [0.1, 0.15) is 0 Å². The van der Waals surface area contributed by atoms with Gasteiger partial charge < -0.3 is 11.1 Å². The molecule has 2 heteroatoms. The summed E-state index contributed by atoms with van der Waals surface area (Å²) in [5.41, 5.74) is 6.76. The van der Waals surface area contributed by atoms with Crippen molar-refractivity contribution in [3.05, 3.63) is 0 Å². The third-order valence-electron chi connectivity index (χ3n) is 3.01. The van der Waals surface area contributed by atoms with Gasteiger partial charge in [0.15, 0.2) is 0 Å². The molecular weight excluding hydrogens is 136 g/mol. The summed E-state index contributed by atoms with van der Waals surface area (Å²) in [6, 6.07) is 0.724. The first kappa shape index (κ1) is 7.56. The highest BCUT2D eigenvalue weighted by atomic mass is 15.0. The van der Waals surface area contributed by atoms with E-state index in [0.29, 0.717) is 5.41 Å². The van der Waals surface area contributed by atoms with Crippen molar-refractivity contribution in [2.45, 2.75) is 44.7 Å². The maximum absolute atomic E-state index is 6.18. The summed E-state index contributed by atoms with van der Waals surface area (Å²) in [5, 5.41) is 3.55. The van der Waals surface area contributed by atoms with Gasteiger partial charge in [0.2, 0.25) is 0 Å². The average Bonchev–Trinajstić information content (AvgIpc) is 1.91. The summed E-state index contributed by atoms with van der Waals surface area (Å²) in [4.78, 5) is 0. The first-order chi connectivity index (χ1) is 4.99. The van der Waals surface area contributed by atoms with Crippen molar-refractivity contribution in [2.75, 3.05) is 6.54 Å². The Morgan fingerprint density at radius 1 is 1.36 bits per heavy atom. The van der Waals surface area contributed by atoms with Crippen molar-refractivity contribution in [2.24, 2.45) is 11.1 Å². The third kappa shape index (κ3) is 1.30. The predicted molar refractivity (Wildman–Crippen MR) is 46.3 cm³/mol. The van der Waals surface area contributed by atoms with Crippen LogP contribution < -0.4 is 11.1 Å². The highest BCUT2D eigenvalue weighted by Gasteiger charge is 2.47. The number of hydrogen-bond donors (Lipinski definition) is 2. The van der Waals surface area contributed by atoms with E-state index < -0.39 is 0 Å². The van der Waals surface area contributed by atoms with Crippen LogP contribution in [0.25, 0.3) is 0 Å². The van der Waals surface area contributed by atoms with Crippen molar-refractivity contribution < 1.29 is 0 Å². The summed E-state index contributed by atoms with van der Waals surface area (Å²) < 4.78 is 0. The molecule has 0 spiro atoms. The molecule has 0 aromatic carbocycles. The summed E-state index contributed by atoms with van der Waals surface area (Å²) in [6.45, 7) is 5.74. The van der Waals surface area contributed by atoms with Gasteiger partial charge in [-0.25, -0.2) is 0 Å². The molecule has 0 atom stereocenters. The van der Waals surface area contributed by atoms with E-state index in [0.717, 1.165) is 12.6 Å². The topological polar surface area (TPSA) is 38.0 Å². The Bertz CT molecular complexity index is 166. The minimum atomic E-state index is 0.178. The molecule has 2 heterocycles. The summed E-state index contributed by atoms with van der Waals surface area (Å²) in [7, 11) is 0. The average molecular weight is 154 g/mol. The molecule has 64 valence electrons. The van der Waals surface area contributed by atoms with Gasteiger partial charge in [-0.15, -0.1) is 0 Å². The first-order valence-electron chi connectivity index (χ1n) is 4.52. The van der Waals surface area contributed by atoms with E-state index in [2.05, 4.69) is 19.2 Å². The molecule has 11 heavy (non-hydrogen) atoms. The number of nitrogens with two attached hydrogens (primary N) is 1. The predicted octanol–water partition coefficient (Wildman–Crippen LogP) is 0.866. The molecule has 2 bridgehead atoms. The Morgan fingerprint density at radius 2 is 2.00 bits per heavy atom. The van der Waals surface area contributed by atoms with Crippen molar-refractivity contribution in [3.63, 3.8) is 0 Å². The molecule has 3 aliphatic rings. The molecule has 0 unspecified atom stereocenters. The van der Waals surface area contributed by atoms with E-state index in [4.69, 9.17) is 5.73 Å². The van der Waals surface area contributed by atoms with E-state index in [1.54, 1.807) is 0 Å². The minimum Gasteiger partial charge on any atom is -0.325 e. The smallest absolute Gasteiger partial charge is 0.0189 e. The van der Waals surface area contributed by atoms with Crippen molar-refractivity contribution >= 4 is 0 Å². The molecule has 3 rings (SSSR count). The molecule has 0 amide bonds. The monoisotopic (exact) mass is 154 g/mol. The SMILES string of the molecule is CC1(C)CNC2CC(N)(C2)C1. The second-order valence-electron chi connectivity index (χ2n) is 5.19. The molecule has 0 aromatic rings. The van der Waals surface area contributed by atoms with Gasteiger partial charge in [-0.2, -0.15) is 0 Å². The molecular formula is C9H18N2. The fourth-order valence-electron chi connectivity index (χ4n) is 2.65. The van der Waals surface area contributed by atoms with E-state index in [1.807, 2.05) is 0 Å². The van der Waals surface area contributed by atoms with E-state index >= 15 is 0 Å². The van der Waals surface area contributed by atoms with Crippen LogP contribution in [0, 0.1) is 5.41 Å². The number of rotatable bonds is 0. The zero-order valence-electron chi connectivity index (χ0n) is 7.48. The van der Waals surface area contributed by atoms with Crippen molar-refractivity contribution in [1.82, 2.24) is 5.32 Å². The summed E-state index contributed by atoms with van der Waals surface area (Å²) in [6.07, 6.45) is 3.57. The minimum absolute atomic E-state index is 0.178. The third-order valence-corrected chi connectivity index (χ3v) is 3.01. The largest absolute Gasteiger partial charge is 0.325 e. The molecule has 2 nitrogen and oxygen atoms in total. The normalized spacial score (nSPS) is 47.7. The van der Waals surface area contributed by atoms with Gasteiger partial charge in [-0.05, 0) is 24.7 Å². The van der Waals surface area contributed by atoms with Crippen LogP contribution in [0.1, 0.15) is 33.1 Å². The van der Waals surface area contributed by atoms with Crippen LogP contribution in [-0.2, 0) is 0 Å². The molecule has 2 aliphatic heterocycles. The van der Waals surface area contributed by atoms with Gasteiger partial charge >= 0.3 is 0 Å². The van der Waals surface area contributed by atoms with Crippen LogP contribution in [-0.4, -0.2) is 18.1 Å². The number of fused-ring (bicyclic) bond motifs is 3. The maximum atomic E-state index is 6.18. The number of hydrogen-bond acceptors (Lipinski definition) is 2. The lowest BCUT2D eigenvalue weighted by atomic mass is 9.68. The zero-order chi connectivity index (χ0) is 8.11. The van der Waals surface area contributed by atoms with Crippen LogP contribution >= 0.6 is 0 Å². The van der Waals surface area contributed by atoms with E-state index in [1.165, 1.54) is 19.3 Å². The van der Waals surface area contributed by atoms with Crippen molar-refractivity contribution in [3.8, 4) is 0 Å². The Hall–Kier alpha value is -0.0800. The Balaban J connectivity index is 2.12. The Kier molecular flexibility index (Phi) is 1.37. The van der Waals surface area contributed by atoms with Gasteiger partial charge in [-0.1, -0.05) is 13.8 Å². The second-order valence-corrected chi connectivity index (χ2v) is 5.19. The fraction of sp³-hybridized carbons (Fsp3) is 1.00. The molecule has 2 saturated heterocycles. The lowest BCUT2D eigenvalue weighted by molar-refractivity contribution is 0.169. The summed E-state index contributed by atoms with van der Waals surface area (Å²) >= 11 is 0. The van der Waals surface area contributed by atoms with Gasteiger partial charge in [0.25, 0.3) is 0 Å². The number of nitrogens with one attached hydrogen (secondary N) is 1. The molecule has 3 fully saturated rings. The highest BCUT2D eigenvalue weighted by molar-refractivity contribution is 5.07. The zero-order valence-corrected chi connectivity index (χ0v) is 7.48. The quantitative estimate of drug-likeness (QED) is 0.543. The van der Waals surface area contributed by atoms with Crippen LogP contribution in [0.2, 0.25) is 0 Å². The van der Waals surface area contributed by atoms with Crippen LogP contribution in [0.5, 0.6) is 0 Å². The Morgan fingerprint density at radius 3 is 2.64 bits per heavy atom. The lowest BCUT2D eigenvalue weighted by Crippen LogP contribution is -2.57. The maximum Gasteiger partial charge on any atom is 0.0189 e. The second kappa shape index (κ2) is 1.99. The van der Waals surface area contributed by atoms with Crippen LogP contribution in [0.4, 0.5) is 0 Å². The molecule has 0 radical (unpaired) electrons. The van der Waals surface area contributed by atoms with Gasteiger partial charge in [0.05, 0.1) is 0 Å². The molecule has 1 aliphatic carbocycles. The summed E-state index contributed by atoms with van der Waals surface area (Å²) in [5.74, 6) is 0. The van der Waals surface area contributed by atoms with Gasteiger partial charge in [-0.3, -0.25) is 0 Å². The lowest BCUT2D eigenvalue weighted by Gasteiger charge is -2.44. The molecule has 1 saturated carbocycles. The van der Waals surface area contributed by atoms with Crippen LogP contribution in [0.15, 0.2) is 0 Å². The van der Waals surface area contributed by atoms with Crippen LogP contribution in [0.3, 0.4) is 0 Å².